The van der Waals surface area contributed by atoms with E-state index in [0.717, 1.165) is 12.8 Å². The lowest BCUT2D eigenvalue weighted by molar-refractivity contribution is -0.384. The molecular formula is C14H17N3O4S. The summed E-state index contributed by atoms with van der Waals surface area (Å²) in [5.41, 5.74) is 0.558. The average Bonchev–Trinajstić information content (AvgIpc) is 2.47. The van der Waals surface area contributed by atoms with Gasteiger partial charge in [-0.25, -0.2) is 8.42 Å². The Labute approximate surface area is 129 Å². The van der Waals surface area contributed by atoms with Gasteiger partial charge in [0.15, 0.2) is 0 Å². The van der Waals surface area contributed by atoms with Gasteiger partial charge in [0.2, 0.25) is 0 Å². The number of nitro benzene ring substituents is 1. The molecule has 2 rings (SSSR count). The number of hydrogen-bond donors (Lipinski definition) is 1. The van der Waals surface area contributed by atoms with E-state index in [9.17, 15) is 18.5 Å². The van der Waals surface area contributed by atoms with Crippen molar-refractivity contribution in [1.29, 1.82) is 5.26 Å². The lowest BCUT2D eigenvalue weighted by Gasteiger charge is -2.29. The molecule has 1 aromatic carbocycles. The van der Waals surface area contributed by atoms with E-state index in [0.29, 0.717) is 18.5 Å². The van der Waals surface area contributed by atoms with Crippen molar-refractivity contribution in [2.75, 3.05) is 11.6 Å². The highest BCUT2D eigenvalue weighted by Gasteiger charge is 2.29. The van der Waals surface area contributed by atoms with Crippen molar-refractivity contribution in [3.8, 4) is 6.07 Å². The fourth-order valence-corrected chi connectivity index (χ4v) is 3.93. The molecule has 0 heterocycles. The van der Waals surface area contributed by atoms with Crippen molar-refractivity contribution in [2.45, 2.75) is 37.0 Å². The zero-order valence-electron chi connectivity index (χ0n) is 12.2. The highest BCUT2D eigenvalue weighted by Crippen LogP contribution is 2.28. The van der Waals surface area contributed by atoms with Crippen LogP contribution in [0.4, 0.5) is 11.4 Å². The summed E-state index contributed by atoms with van der Waals surface area (Å²) in [6.45, 7) is 0. The second-order valence-corrected chi connectivity index (χ2v) is 7.88. The second-order valence-electron chi connectivity index (χ2n) is 5.56. The fourth-order valence-electron chi connectivity index (χ4n) is 2.75. The smallest absolute Gasteiger partial charge is 0.270 e. The van der Waals surface area contributed by atoms with Gasteiger partial charge in [-0.15, -0.1) is 0 Å². The largest absolute Gasteiger partial charge is 0.381 e. The first-order valence-corrected chi connectivity index (χ1v) is 8.90. The lowest BCUT2D eigenvalue weighted by atomic mass is 9.94. The normalized spacial score (nSPS) is 21.8. The van der Waals surface area contributed by atoms with Crippen LogP contribution >= 0.6 is 0 Å². The van der Waals surface area contributed by atoms with Gasteiger partial charge in [0, 0.05) is 24.4 Å². The number of nitrogens with one attached hydrogen (secondary N) is 1. The molecule has 7 nitrogen and oxygen atoms in total. The number of benzene rings is 1. The quantitative estimate of drug-likeness (QED) is 0.671. The summed E-state index contributed by atoms with van der Waals surface area (Å²) in [6, 6.07) is 5.94. The molecule has 0 spiro atoms. The topological polar surface area (TPSA) is 113 Å². The Bertz CT molecular complexity index is 724. The summed E-state index contributed by atoms with van der Waals surface area (Å²) >= 11 is 0. The lowest BCUT2D eigenvalue weighted by Crippen LogP contribution is -2.34. The minimum Gasteiger partial charge on any atom is -0.381 e. The van der Waals surface area contributed by atoms with Crippen LogP contribution in [-0.4, -0.2) is 30.9 Å². The molecule has 1 aromatic rings. The van der Waals surface area contributed by atoms with E-state index in [1.165, 1.54) is 24.5 Å². The Morgan fingerprint density at radius 3 is 2.73 bits per heavy atom. The van der Waals surface area contributed by atoms with E-state index in [2.05, 4.69) is 5.32 Å². The van der Waals surface area contributed by atoms with E-state index >= 15 is 0 Å². The molecule has 22 heavy (non-hydrogen) atoms. The first-order valence-electron chi connectivity index (χ1n) is 6.95. The number of rotatable bonds is 4. The SMILES string of the molecule is CS(=O)(=O)[C@H]1CCC[C@@H](Nc2ccc([N+](=O)[O-])cc2C#N)C1. The third kappa shape index (κ3) is 3.74. The van der Waals surface area contributed by atoms with Crippen molar-refractivity contribution in [1.82, 2.24) is 0 Å². The monoisotopic (exact) mass is 323 g/mol. The summed E-state index contributed by atoms with van der Waals surface area (Å²) in [7, 11) is -3.08. The third-order valence-corrected chi connectivity index (χ3v) is 5.56. The maximum Gasteiger partial charge on any atom is 0.270 e. The van der Waals surface area contributed by atoms with Gasteiger partial charge in [0.1, 0.15) is 15.9 Å². The van der Waals surface area contributed by atoms with Crippen LogP contribution in [0.3, 0.4) is 0 Å². The standard InChI is InChI=1S/C14H17N3O4S/c1-22(20,21)13-4-2-3-11(8-13)16-14-6-5-12(17(18)19)7-10(14)9-15/h5-7,11,13,16H,2-4,8H2,1H3/t11-,13+/m1/s1. The molecule has 0 aliphatic heterocycles. The molecule has 8 heteroatoms. The molecule has 1 N–H and O–H groups in total. The molecule has 1 saturated carbocycles. The Morgan fingerprint density at radius 2 is 2.14 bits per heavy atom. The summed E-state index contributed by atoms with van der Waals surface area (Å²) in [5.74, 6) is 0. The molecule has 0 radical (unpaired) electrons. The highest BCUT2D eigenvalue weighted by molar-refractivity contribution is 7.91. The van der Waals surface area contributed by atoms with Crippen LogP contribution in [0, 0.1) is 21.4 Å². The molecule has 1 fully saturated rings. The first-order chi connectivity index (χ1) is 10.3. The van der Waals surface area contributed by atoms with Gasteiger partial charge >= 0.3 is 0 Å². The molecule has 0 bridgehead atoms. The summed E-state index contributed by atoms with van der Waals surface area (Å²) in [5, 5.41) is 22.6. The number of nitro groups is 1. The van der Waals surface area contributed by atoms with Gasteiger partial charge in [-0.05, 0) is 25.3 Å². The van der Waals surface area contributed by atoms with Crippen molar-refractivity contribution in [2.24, 2.45) is 0 Å². The number of nitriles is 1. The molecular weight excluding hydrogens is 306 g/mol. The molecule has 2 atom stereocenters. The van der Waals surface area contributed by atoms with Crippen LogP contribution in [0.2, 0.25) is 0 Å². The van der Waals surface area contributed by atoms with Crippen LogP contribution in [0.5, 0.6) is 0 Å². The summed E-state index contributed by atoms with van der Waals surface area (Å²) < 4.78 is 23.3. The number of nitrogens with zero attached hydrogens (tertiary/aromatic N) is 2. The van der Waals surface area contributed by atoms with E-state index in [1.807, 2.05) is 6.07 Å². The predicted molar refractivity (Wildman–Crippen MR) is 82.3 cm³/mol. The molecule has 0 aromatic heterocycles. The van der Waals surface area contributed by atoms with Crippen LogP contribution in [-0.2, 0) is 9.84 Å². The van der Waals surface area contributed by atoms with Crippen molar-refractivity contribution in [3.63, 3.8) is 0 Å². The zero-order chi connectivity index (χ0) is 16.3. The van der Waals surface area contributed by atoms with Gasteiger partial charge in [0.25, 0.3) is 5.69 Å². The predicted octanol–water partition coefficient (Wildman–Crippen LogP) is 2.23. The van der Waals surface area contributed by atoms with Crippen LogP contribution in [0.1, 0.15) is 31.2 Å². The second kappa shape index (κ2) is 6.32. The summed E-state index contributed by atoms with van der Waals surface area (Å²) in [6.07, 6.45) is 3.99. The number of hydrogen-bond acceptors (Lipinski definition) is 6. The van der Waals surface area contributed by atoms with Gasteiger partial charge in [-0.1, -0.05) is 6.42 Å². The number of sulfone groups is 1. The van der Waals surface area contributed by atoms with Gasteiger partial charge in [0.05, 0.1) is 21.4 Å². The molecule has 1 aliphatic carbocycles. The Morgan fingerprint density at radius 1 is 1.41 bits per heavy atom. The van der Waals surface area contributed by atoms with E-state index in [4.69, 9.17) is 5.26 Å². The molecule has 0 unspecified atom stereocenters. The minimum absolute atomic E-state index is 0.0537. The van der Waals surface area contributed by atoms with Crippen LogP contribution in [0.15, 0.2) is 18.2 Å². The third-order valence-electron chi connectivity index (χ3n) is 3.93. The average molecular weight is 323 g/mol. The minimum atomic E-state index is -3.08. The summed E-state index contributed by atoms with van der Waals surface area (Å²) in [4.78, 5) is 10.2. The maximum atomic E-state index is 11.7. The molecule has 1 aliphatic rings. The van der Waals surface area contributed by atoms with Crippen LogP contribution in [0.25, 0.3) is 0 Å². The first kappa shape index (κ1) is 16.2. The van der Waals surface area contributed by atoms with Gasteiger partial charge in [-0.3, -0.25) is 10.1 Å². The fraction of sp³-hybridized carbons (Fsp3) is 0.500. The van der Waals surface area contributed by atoms with E-state index in [-0.39, 0.29) is 22.5 Å². The number of anilines is 1. The maximum absolute atomic E-state index is 11.7. The van der Waals surface area contributed by atoms with Gasteiger partial charge < -0.3 is 5.32 Å². The van der Waals surface area contributed by atoms with Crippen molar-refractivity contribution in [3.05, 3.63) is 33.9 Å². The van der Waals surface area contributed by atoms with Crippen molar-refractivity contribution >= 4 is 21.2 Å². The Kier molecular flexibility index (Phi) is 4.66. The van der Waals surface area contributed by atoms with E-state index in [1.54, 1.807) is 0 Å². The zero-order valence-corrected chi connectivity index (χ0v) is 13.0. The molecule has 0 saturated heterocycles. The van der Waals surface area contributed by atoms with Crippen molar-refractivity contribution < 1.29 is 13.3 Å². The van der Waals surface area contributed by atoms with Gasteiger partial charge in [-0.2, -0.15) is 5.26 Å². The molecule has 118 valence electrons. The highest BCUT2D eigenvalue weighted by atomic mass is 32.2. The Balaban J connectivity index is 2.17. The Hall–Kier alpha value is -2.14. The number of non-ortho nitro benzene ring substituents is 1. The van der Waals surface area contributed by atoms with Crippen LogP contribution < -0.4 is 5.32 Å². The molecule has 0 amide bonds. The van der Waals surface area contributed by atoms with E-state index < -0.39 is 14.8 Å².